The third kappa shape index (κ3) is 1.41. The standard InChI is InChI=1S/C11H13N3O/c1-8-4-2-6-10-12-11(13-14(8)10)9-5-3-7-15-9/h2,4,6,9H,3,5,7H2,1H3. The second kappa shape index (κ2) is 3.31. The molecule has 0 aromatic carbocycles. The van der Waals surface area contributed by atoms with Crippen LogP contribution < -0.4 is 0 Å². The predicted octanol–water partition coefficient (Wildman–Crippen LogP) is 1.89. The number of rotatable bonds is 1. The molecule has 78 valence electrons. The summed E-state index contributed by atoms with van der Waals surface area (Å²) in [7, 11) is 0. The molecule has 0 bridgehead atoms. The van der Waals surface area contributed by atoms with Gasteiger partial charge in [0.2, 0.25) is 0 Å². The maximum atomic E-state index is 5.57. The Bertz CT molecular complexity index is 486. The lowest BCUT2D eigenvalue weighted by Gasteiger charge is -2.01. The molecule has 15 heavy (non-hydrogen) atoms. The topological polar surface area (TPSA) is 39.4 Å². The largest absolute Gasteiger partial charge is 0.370 e. The van der Waals surface area contributed by atoms with Crippen molar-refractivity contribution in [1.29, 1.82) is 0 Å². The molecule has 1 atom stereocenters. The molecule has 1 aliphatic rings. The van der Waals surface area contributed by atoms with Crippen LogP contribution in [0.25, 0.3) is 5.65 Å². The lowest BCUT2D eigenvalue weighted by molar-refractivity contribution is 0.105. The Morgan fingerprint density at radius 2 is 2.40 bits per heavy atom. The third-order valence-corrected chi connectivity index (χ3v) is 2.78. The van der Waals surface area contributed by atoms with Gasteiger partial charge in [-0.1, -0.05) is 6.07 Å². The van der Waals surface area contributed by atoms with Crippen molar-refractivity contribution in [1.82, 2.24) is 14.6 Å². The molecule has 1 fully saturated rings. The molecule has 0 N–H and O–H groups in total. The second-order valence-electron chi connectivity index (χ2n) is 3.91. The number of nitrogens with zero attached hydrogens (tertiary/aromatic N) is 3. The van der Waals surface area contributed by atoms with E-state index in [1.54, 1.807) is 0 Å². The van der Waals surface area contributed by atoms with Crippen molar-refractivity contribution >= 4 is 5.65 Å². The summed E-state index contributed by atoms with van der Waals surface area (Å²) >= 11 is 0. The highest BCUT2D eigenvalue weighted by Gasteiger charge is 2.22. The molecule has 0 aliphatic carbocycles. The van der Waals surface area contributed by atoms with E-state index in [1.165, 1.54) is 0 Å². The lowest BCUT2D eigenvalue weighted by atomic mass is 10.2. The van der Waals surface area contributed by atoms with E-state index in [0.717, 1.165) is 36.6 Å². The van der Waals surface area contributed by atoms with Crippen molar-refractivity contribution < 1.29 is 4.74 Å². The van der Waals surface area contributed by atoms with Crippen molar-refractivity contribution in [3.05, 3.63) is 29.7 Å². The minimum absolute atomic E-state index is 0.101. The van der Waals surface area contributed by atoms with Crippen molar-refractivity contribution in [3.8, 4) is 0 Å². The summed E-state index contributed by atoms with van der Waals surface area (Å²) in [6.45, 7) is 2.86. The molecule has 0 spiro atoms. The average Bonchev–Trinajstić information content (AvgIpc) is 2.86. The van der Waals surface area contributed by atoms with Gasteiger partial charge in [-0.25, -0.2) is 9.50 Å². The Kier molecular flexibility index (Phi) is 1.95. The Morgan fingerprint density at radius 3 is 3.13 bits per heavy atom. The molecular weight excluding hydrogens is 190 g/mol. The third-order valence-electron chi connectivity index (χ3n) is 2.78. The molecule has 0 amide bonds. The van der Waals surface area contributed by atoms with Gasteiger partial charge in [-0.15, -0.1) is 5.10 Å². The number of ether oxygens (including phenoxy) is 1. The smallest absolute Gasteiger partial charge is 0.180 e. The van der Waals surface area contributed by atoms with Crippen LogP contribution in [0.15, 0.2) is 18.2 Å². The molecule has 1 saturated heterocycles. The van der Waals surface area contributed by atoms with Gasteiger partial charge in [0, 0.05) is 12.3 Å². The van der Waals surface area contributed by atoms with Crippen LogP contribution in [0.3, 0.4) is 0 Å². The molecule has 0 saturated carbocycles. The van der Waals surface area contributed by atoms with E-state index in [1.807, 2.05) is 29.6 Å². The molecule has 4 nitrogen and oxygen atoms in total. The zero-order valence-electron chi connectivity index (χ0n) is 8.68. The van der Waals surface area contributed by atoms with E-state index in [-0.39, 0.29) is 6.10 Å². The molecule has 0 radical (unpaired) electrons. The summed E-state index contributed by atoms with van der Waals surface area (Å²) < 4.78 is 7.44. The zero-order chi connectivity index (χ0) is 10.3. The Hall–Kier alpha value is -1.42. The van der Waals surface area contributed by atoms with Gasteiger partial charge in [-0.2, -0.15) is 0 Å². The fourth-order valence-electron chi connectivity index (χ4n) is 1.97. The number of pyridine rings is 1. The Balaban J connectivity index is 2.09. The van der Waals surface area contributed by atoms with Crippen molar-refractivity contribution in [2.75, 3.05) is 6.61 Å². The number of hydrogen-bond donors (Lipinski definition) is 0. The summed E-state index contributed by atoms with van der Waals surface area (Å²) in [5, 5.41) is 4.47. The number of fused-ring (bicyclic) bond motifs is 1. The maximum absolute atomic E-state index is 5.57. The summed E-state index contributed by atoms with van der Waals surface area (Å²) in [5.74, 6) is 0.821. The zero-order valence-corrected chi connectivity index (χ0v) is 8.68. The molecular formula is C11H13N3O. The average molecular weight is 203 g/mol. The molecule has 1 unspecified atom stereocenters. The van der Waals surface area contributed by atoms with Gasteiger partial charge < -0.3 is 4.74 Å². The molecule has 2 aromatic heterocycles. The van der Waals surface area contributed by atoms with Gasteiger partial charge in [0.25, 0.3) is 0 Å². The van der Waals surface area contributed by atoms with Gasteiger partial charge in [0.1, 0.15) is 6.10 Å². The van der Waals surface area contributed by atoms with Gasteiger partial charge in [-0.05, 0) is 31.9 Å². The summed E-state index contributed by atoms with van der Waals surface area (Å²) in [4.78, 5) is 4.48. The molecule has 4 heteroatoms. The van der Waals surface area contributed by atoms with Crippen LogP contribution >= 0.6 is 0 Å². The van der Waals surface area contributed by atoms with E-state index in [2.05, 4.69) is 10.1 Å². The van der Waals surface area contributed by atoms with E-state index in [4.69, 9.17) is 4.74 Å². The number of hydrogen-bond acceptors (Lipinski definition) is 3. The number of aryl methyl sites for hydroxylation is 1. The summed E-state index contributed by atoms with van der Waals surface area (Å²) in [6, 6.07) is 6.00. The van der Waals surface area contributed by atoms with Crippen molar-refractivity contribution in [3.63, 3.8) is 0 Å². The van der Waals surface area contributed by atoms with Gasteiger partial charge >= 0.3 is 0 Å². The SMILES string of the molecule is Cc1cccc2nc(C3CCCO3)nn12. The molecule has 3 rings (SSSR count). The fraction of sp³-hybridized carbons (Fsp3) is 0.455. The molecule has 1 aliphatic heterocycles. The van der Waals surface area contributed by atoms with Gasteiger partial charge in [-0.3, -0.25) is 0 Å². The van der Waals surface area contributed by atoms with E-state index in [0.29, 0.717) is 0 Å². The highest BCUT2D eigenvalue weighted by Crippen LogP contribution is 2.26. The first-order chi connectivity index (χ1) is 7.34. The quantitative estimate of drug-likeness (QED) is 0.710. The minimum atomic E-state index is 0.101. The fourth-order valence-corrected chi connectivity index (χ4v) is 1.97. The first-order valence-corrected chi connectivity index (χ1v) is 5.28. The minimum Gasteiger partial charge on any atom is -0.370 e. The van der Waals surface area contributed by atoms with Crippen LogP contribution in [0.4, 0.5) is 0 Å². The van der Waals surface area contributed by atoms with Crippen molar-refractivity contribution in [2.45, 2.75) is 25.9 Å². The first-order valence-electron chi connectivity index (χ1n) is 5.28. The van der Waals surface area contributed by atoms with E-state index in [9.17, 15) is 0 Å². The number of aromatic nitrogens is 3. The van der Waals surface area contributed by atoms with Crippen LogP contribution in [0, 0.1) is 6.92 Å². The van der Waals surface area contributed by atoms with Crippen LogP contribution in [0.5, 0.6) is 0 Å². The molecule has 2 aromatic rings. The van der Waals surface area contributed by atoms with E-state index >= 15 is 0 Å². The Labute approximate surface area is 87.9 Å². The van der Waals surface area contributed by atoms with E-state index < -0.39 is 0 Å². The van der Waals surface area contributed by atoms with Crippen LogP contribution in [-0.4, -0.2) is 21.2 Å². The normalized spacial score (nSPS) is 21.3. The van der Waals surface area contributed by atoms with Crippen LogP contribution in [-0.2, 0) is 4.74 Å². The van der Waals surface area contributed by atoms with Crippen LogP contribution in [0.2, 0.25) is 0 Å². The van der Waals surface area contributed by atoms with Gasteiger partial charge in [0.15, 0.2) is 11.5 Å². The lowest BCUT2D eigenvalue weighted by Crippen LogP contribution is -1.99. The summed E-state index contributed by atoms with van der Waals surface area (Å²) in [6.07, 6.45) is 2.25. The second-order valence-corrected chi connectivity index (χ2v) is 3.91. The predicted molar refractivity (Wildman–Crippen MR) is 55.7 cm³/mol. The van der Waals surface area contributed by atoms with Crippen LogP contribution in [0.1, 0.15) is 30.5 Å². The maximum Gasteiger partial charge on any atom is 0.180 e. The van der Waals surface area contributed by atoms with Crippen molar-refractivity contribution in [2.24, 2.45) is 0 Å². The summed E-state index contributed by atoms with van der Waals surface area (Å²) in [5.41, 5.74) is 2.00. The highest BCUT2D eigenvalue weighted by atomic mass is 16.5. The molecule has 3 heterocycles. The highest BCUT2D eigenvalue weighted by molar-refractivity contribution is 5.38. The monoisotopic (exact) mass is 203 g/mol. The first kappa shape index (κ1) is 8.85. The van der Waals surface area contributed by atoms with Gasteiger partial charge in [0.05, 0.1) is 0 Å². The Morgan fingerprint density at radius 1 is 1.47 bits per heavy atom.